The van der Waals surface area contributed by atoms with Crippen molar-refractivity contribution >= 4 is 45.0 Å². The molecule has 0 aliphatic heterocycles. The summed E-state index contributed by atoms with van der Waals surface area (Å²) >= 11 is 2.26. The van der Waals surface area contributed by atoms with Gasteiger partial charge >= 0.3 is 0 Å². The summed E-state index contributed by atoms with van der Waals surface area (Å²) < 4.78 is 18.3. The number of benzene rings is 4. The molecular weight excluding hydrogens is 537 g/mol. The van der Waals surface area contributed by atoms with Crippen molar-refractivity contribution in [3.63, 3.8) is 0 Å². The highest BCUT2D eigenvalue weighted by Crippen LogP contribution is 2.36. The number of fused-ring (bicyclic) bond motifs is 1. The van der Waals surface area contributed by atoms with E-state index in [1.165, 1.54) is 10.8 Å². The SMILES string of the molecule is CCOc1cc(/C=C(\C#N)c2ccc(OC)cc2)cc(I)c1OCc1cccc2ccccc12. The second-order valence-electron chi connectivity index (χ2n) is 7.59. The average molecular weight is 561 g/mol. The Morgan fingerprint density at radius 2 is 1.74 bits per heavy atom. The number of hydrogen-bond donors (Lipinski definition) is 0. The number of nitriles is 1. The van der Waals surface area contributed by atoms with E-state index in [9.17, 15) is 5.26 Å². The van der Waals surface area contributed by atoms with Gasteiger partial charge < -0.3 is 14.2 Å². The number of hydrogen-bond acceptors (Lipinski definition) is 4. The lowest BCUT2D eigenvalue weighted by Crippen LogP contribution is -2.02. The van der Waals surface area contributed by atoms with E-state index in [4.69, 9.17) is 14.2 Å². The van der Waals surface area contributed by atoms with Crippen LogP contribution in [0.2, 0.25) is 0 Å². The van der Waals surface area contributed by atoms with Crippen LogP contribution in [0, 0.1) is 14.9 Å². The molecule has 0 aliphatic carbocycles. The van der Waals surface area contributed by atoms with E-state index in [1.807, 2.05) is 67.6 Å². The van der Waals surface area contributed by atoms with Gasteiger partial charge in [0.25, 0.3) is 0 Å². The maximum atomic E-state index is 9.75. The summed E-state index contributed by atoms with van der Waals surface area (Å²) in [7, 11) is 1.62. The Labute approximate surface area is 213 Å². The fourth-order valence-electron chi connectivity index (χ4n) is 3.76. The van der Waals surface area contributed by atoms with Crippen molar-refractivity contribution in [1.29, 1.82) is 5.26 Å². The van der Waals surface area contributed by atoms with Crippen LogP contribution in [-0.2, 0) is 6.61 Å². The van der Waals surface area contributed by atoms with Crippen LogP contribution in [0.25, 0.3) is 22.4 Å². The zero-order chi connectivity index (χ0) is 23.9. The van der Waals surface area contributed by atoms with Crippen LogP contribution < -0.4 is 14.2 Å². The molecule has 4 aromatic carbocycles. The minimum absolute atomic E-state index is 0.432. The van der Waals surface area contributed by atoms with Crippen LogP contribution in [0.5, 0.6) is 17.2 Å². The zero-order valence-electron chi connectivity index (χ0n) is 19.0. The molecule has 0 aromatic heterocycles. The van der Waals surface area contributed by atoms with Crippen molar-refractivity contribution in [3.8, 4) is 23.3 Å². The summed E-state index contributed by atoms with van der Waals surface area (Å²) in [5.74, 6) is 2.12. The zero-order valence-corrected chi connectivity index (χ0v) is 21.2. The lowest BCUT2D eigenvalue weighted by molar-refractivity contribution is 0.268. The molecule has 4 aromatic rings. The largest absolute Gasteiger partial charge is 0.497 e. The van der Waals surface area contributed by atoms with Gasteiger partial charge in [-0.15, -0.1) is 0 Å². The van der Waals surface area contributed by atoms with Crippen molar-refractivity contribution in [1.82, 2.24) is 0 Å². The Bertz CT molecular complexity index is 1370. The number of halogens is 1. The van der Waals surface area contributed by atoms with Gasteiger partial charge in [0.1, 0.15) is 12.4 Å². The van der Waals surface area contributed by atoms with Crippen molar-refractivity contribution in [3.05, 3.63) is 99.1 Å². The van der Waals surface area contributed by atoms with Gasteiger partial charge in [-0.05, 0) is 99.5 Å². The molecule has 170 valence electrons. The first-order valence-corrected chi connectivity index (χ1v) is 12.0. The predicted octanol–water partition coefficient (Wildman–Crippen LogP) is 7.49. The number of allylic oxidation sites excluding steroid dienone is 1. The predicted molar refractivity (Wildman–Crippen MR) is 145 cm³/mol. The monoisotopic (exact) mass is 561 g/mol. The van der Waals surface area contributed by atoms with E-state index in [0.29, 0.717) is 30.3 Å². The van der Waals surface area contributed by atoms with Crippen molar-refractivity contribution < 1.29 is 14.2 Å². The van der Waals surface area contributed by atoms with Crippen LogP contribution in [0.4, 0.5) is 0 Å². The number of ether oxygens (including phenoxy) is 3. The van der Waals surface area contributed by atoms with Gasteiger partial charge in [0.2, 0.25) is 0 Å². The number of methoxy groups -OCH3 is 1. The lowest BCUT2D eigenvalue weighted by atomic mass is 10.0. The van der Waals surface area contributed by atoms with Crippen LogP contribution in [0.15, 0.2) is 78.9 Å². The van der Waals surface area contributed by atoms with E-state index in [1.54, 1.807) is 7.11 Å². The quantitative estimate of drug-likeness (QED) is 0.127. The van der Waals surface area contributed by atoms with E-state index in [0.717, 1.165) is 26.0 Å². The summed E-state index contributed by atoms with van der Waals surface area (Å²) in [5, 5.41) is 12.1. The van der Waals surface area contributed by atoms with Crippen molar-refractivity contribution in [2.75, 3.05) is 13.7 Å². The van der Waals surface area contributed by atoms with Crippen molar-refractivity contribution in [2.24, 2.45) is 0 Å². The molecule has 0 N–H and O–H groups in total. The first kappa shape index (κ1) is 23.7. The van der Waals surface area contributed by atoms with E-state index >= 15 is 0 Å². The van der Waals surface area contributed by atoms with E-state index < -0.39 is 0 Å². The third-order valence-electron chi connectivity index (χ3n) is 5.42. The number of rotatable bonds is 8. The lowest BCUT2D eigenvalue weighted by Gasteiger charge is -2.16. The molecular formula is C29H24INO3. The van der Waals surface area contributed by atoms with Crippen LogP contribution in [0.1, 0.15) is 23.6 Å². The summed E-state index contributed by atoms with van der Waals surface area (Å²) in [6, 6.07) is 28.2. The second kappa shape index (κ2) is 11.1. The molecule has 34 heavy (non-hydrogen) atoms. The smallest absolute Gasteiger partial charge is 0.175 e. The van der Waals surface area contributed by atoms with Crippen LogP contribution in [-0.4, -0.2) is 13.7 Å². The standard InChI is InChI=1S/C29H24INO3/c1-3-33-28-17-20(15-24(18-31)21-11-13-25(32-2)14-12-21)16-27(30)29(28)34-19-23-9-6-8-22-7-4-5-10-26(22)23/h4-17H,3,19H2,1-2H3/b24-15+. The second-order valence-corrected chi connectivity index (χ2v) is 8.75. The molecule has 0 bridgehead atoms. The maximum Gasteiger partial charge on any atom is 0.175 e. The Hall–Kier alpha value is -3.50. The molecule has 0 saturated carbocycles. The minimum Gasteiger partial charge on any atom is -0.497 e. The van der Waals surface area contributed by atoms with Gasteiger partial charge in [0.05, 0.1) is 28.9 Å². The Morgan fingerprint density at radius 3 is 2.47 bits per heavy atom. The normalized spacial score (nSPS) is 11.2. The Balaban J connectivity index is 1.64. The fraction of sp³-hybridized carbons (Fsp3) is 0.138. The molecule has 0 fully saturated rings. The topological polar surface area (TPSA) is 51.5 Å². The first-order valence-electron chi connectivity index (χ1n) is 10.9. The fourth-order valence-corrected chi connectivity index (χ4v) is 4.54. The maximum absolute atomic E-state index is 9.75. The highest BCUT2D eigenvalue weighted by molar-refractivity contribution is 14.1. The third-order valence-corrected chi connectivity index (χ3v) is 6.22. The molecule has 0 heterocycles. The summed E-state index contributed by atoms with van der Waals surface area (Å²) in [6.45, 7) is 2.89. The highest BCUT2D eigenvalue weighted by Gasteiger charge is 2.14. The van der Waals surface area contributed by atoms with Gasteiger partial charge in [-0.2, -0.15) is 5.26 Å². The van der Waals surface area contributed by atoms with Crippen molar-refractivity contribution in [2.45, 2.75) is 13.5 Å². The molecule has 0 amide bonds. The van der Waals surface area contributed by atoms with Gasteiger partial charge in [-0.1, -0.05) is 42.5 Å². The third kappa shape index (κ3) is 5.35. The summed E-state index contributed by atoms with van der Waals surface area (Å²) in [5.41, 5.74) is 3.38. The Morgan fingerprint density at radius 1 is 0.971 bits per heavy atom. The van der Waals surface area contributed by atoms with Gasteiger partial charge in [0.15, 0.2) is 11.5 Å². The molecule has 0 saturated heterocycles. The average Bonchev–Trinajstić information content (AvgIpc) is 2.87. The Kier molecular flexibility index (Phi) is 7.71. The van der Waals surface area contributed by atoms with Gasteiger partial charge in [0, 0.05) is 0 Å². The molecule has 4 nitrogen and oxygen atoms in total. The van der Waals surface area contributed by atoms with Crippen LogP contribution in [0.3, 0.4) is 0 Å². The molecule has 0 atom stereocenters. The molecule has 0 aliphatic rings. The van der Waals surface area contributed by atoms with Gasteiger partial charge in [-0.25, -0.2) is 0 Å². The summed E-state index contributed by atoms with van der Waals surface area (Å²) in [4.78, 5) is 0. The first-order chi connectivity index (χ1) is 16.6. The molecule has 4 rings (SSSR count). The van der Waals surface area contributed by atoms with E-state index in [2.05, 4.69) is 52.9 Å². The minimum atomic E-state index is 0.432. The van der Waals surface area contributed by atoms with Gasteiger partial charge in [-0.3, -0.25) is 0 Å². The van der Waals surface area contributed by atoms with Crippen LogP contribution >= 0.6 is 22.6 Å². The molecule has 0 spiro atoms. The number of nitrogens with zero attached hydrogens (tertiary/aromatic N) is 1. The molecule has 5 heteroatoms. The summed E-state index contributed by atoms with van der Waals surface area (Å²) in [6.07, 6.45) is 1.86. The highest BCUT2D eigenvalue weighted by atomic mass is 127. The molecule has 0 radical (unpaired) electrons. The molecule has 0 unspecified atom stereocenters. The van der Waals surface area contributed by atoms with E-state index in [-0.39, 0.29) is 0 Å².